The molecule has 2 aromatic rings. The molecule has 25 heavy (non-hydrogen) atoms. The lowest BCUT2D eigenvalue weighted by Gasteiger charge is -2.17. The topological polar surface area (TPSA) is 93.7 Å². The minimum atomic E-state index is -0.906. The third kappa shape index (κ3) is 3.86. The smallest absolute Gasteiger partial charge is 0.288 e. The van der Waals surface area contributed by atoms with E-state index in [2.05, 4.69) is 11.4 Å². The van der Waals surface area contributed by atoms with Crippen LogP contribution in [0.5, 0.6) is 17.2 Å². The Balaban J connectivity index is 2.31. The standard InChI is InChI=1S/C18H20N2O5/c1-5-12-6-7-14(25-12)18(21)20-13(10-19)11-8-15(22-2)17(24-4)16(9-11)23-3/h6-9,13H,5H2,1-4H3,(H,20,21). The molecule has 2 rings (SSSR count). The maximum Gasteiger partial charge on any atom is 0.288 e. The first-order valence-corrected chi connectivity index (χ1v) is 7.67. The van der Waals surface area contributed by atoms with E-state index in [4.69, 9.17) is 18.6 Å². The summed E-state index contributed by atoms with van der Waals surface area (Å²) < 4.78 is 21.2. The maximum absolute atomic E-state index is 12.3. The van der Waals surface area contributed by atoms with E-state index in [0.717, 1.165) is 0 Å². The second-order valence-electron chi connectivity index (χ2n) is 5.11. The van der Waals surface area contributed by atoms with E-state index >= 15 is 0 Å². The van der Waals surface area contributed by atoms with Crippen LogP contribution in [-0.4, -0.2) is 27.2 Å². The minimum Gasteiger partial charge on any atom is -0.493 e. The van der Waals surface area contributed by atoms with Gasteiger partial charge >= 0.3 is 0 Å². The van der Waals surface area contributed by atoms with Crippen LogP contribution in [0.2, 0.25) is 0 Å². The van der Waals surface area contributed by atoms with E-state index < -0.39 is 11.9 Å². The van der Waals surface area contributed by atoms with Gasteiger partial charge in [-0.05, 0) is 29.8 Å². The quantitative estimate of drug-likeness (QED) is 0.830. The van der Waals surface area contributed by atoms with Crippen molar-refractivity contribution in [2.75, 3.05) is 21.3 Å². The van der Waals surface area contributed by atoms with E-state index in [1.165, 1.54) is 21.3 Å². The summed E-state index contributed by atoms with van der Waals surface area (Å²) in [5, 5.41) is 12.1. The van der Waals surface area contributed by atoms with Gasteiger partial charge in [0.1, 0.15) is 11.8 Å². The first-order chi connectivity index (χ1) is 12.1. The Labute approximate surface area is 146 Å². The van der Waals surface area contributed by atoms with Crippen LogP contribution in [0.15, 0.2) is 28.7 Å². The highest BCUT2D eigenvalue weighted by Gasteiger charge is 2.22. The summed E-state index contributed by atoms with van der Waals surface area (Å²) in [7, 11) is 4.46. The summed E-state index contributed by atoms with van der Waals surface area (Å²) in [5.74, 6) is 1.60. The number of hydrogen-bond acceptors (Lipinski definition) is 6. The number of carbonyl (C=O) groups excluding carboxylic acids is 1. The predicted molar refractivity (Wildman–Crippen MR) is 90.0 cm³/mol. The Morgan fingerprint density at radius 2 is 1.84 bits per heavy atom. The summed E-state index contributed by atoms with van der Waals surface area (Å²) in [6, 6.07) is 7.70. The summed E-state index contributed by atoms with van der Waals surface area (Å²) in [6.07, 6.45) is 0.682. The van der Waals surface area contributed by atoms with Gasteiger partial charge in [-0.3, -0.25) is 4.79 Å². The van der Waals surface area contributed by atoms with Crippen LogP contribution < -0.4 is 19.5 Å². The molecule has 0 aliphatic rings. The molecule has 0 aliphatic heterocycles. The van der Waals surface area contributed by atoms with E-state index in [9.17, 15) is 10.1 Å². The Morgan fingerprint density at radius 1 is 1.20 bits per heavy atom. The molecule has 1 N–H and O–H groups in total. The van der Waals surface area contributed by atoms with Crippen molar-refractivity contribution in [2.24, 2.45) is 0 Å². The number of benzene rings is 1. The molecule has 1 aromatic heterocycles. The lowest BCUT2D eigenvalue weighted by Crippen LogP contribution is -2.27. The number of methoxy groups -OCH3 is 3. The highest BCUT2D eigenvalue weighted by molar-refractivity contribution is 5.92. The number of hydrogen-bond donors (Lipinski definition) is 1. The Kier molecular flexibility index (Phi) is 5.90. The fourth-order valence-electron chi connectivity index (χ4n) is 2.35. The van der Waals surface area contributed by atoms with Crippen LogP contribution in [0.4, 0.5) is 0 Å². The maximum atomic E-state index is 12.3. The molecular formula is C18H20N2O5. The SMILES string of the molecule is CCc1ccc(C(=O)NC(C#N)c2cc(OC)c(OC)c(OC)c2)o1. The van der Waals surface area contributed by atoms with Crippen molar-refractivity contribution >= 4 is 5.91 Å². The van der Waals surface area contributed by atoms with Crippen molar-refractivity contribution in [3.05, 3.63) is 41.3 Å². The number of furan rings is 1. The Bertz CT molecular complexity index is 766. The molecule has 0 aliphatic carbocycles. The van der Waals surface area contributed by atoms with Crippen molar-refractivity contribution in [2.45, 2.75) is 19.4 Å². The normalized spacial score (nSPS) is 11.3. The van der Waals surface area contributed by atoms with Gasteiger partial charge in [0.15, 0.2) is 17.3 Å². The second kappa shape index (κ2) is 8.11. The molecule has 1 amide bonds. The first kappa shape index (κ1) is 18.2. The third-order valence-corrected chi connectivity index (χ3v) is 3.66. The van der Waals surface area contributed by atoms with E-state index in [1.54, 1.807) is 24.3 Å². The number of rotatable bonds is 7. The molecule has 0 saturated carbocycles. The van der Waals surface area contributed by atoms with Gasteiger partial charge in [-0.15, -0.1) is 0 Å². The Hall–Kier alpha value is -3.14. The van der Waals surface area contributed by atoms with Crippen LogP contribution in [-0.2, 0) is 6.42 Å². The lowest BCUT2D eigenvalue weighted by atomic mass is 10.1. The molecule has 0 bridgehead atoms. The molecule has 0 radical (unpaired) electrons. The monoisotopic (exact) mass is 344 g/mol. The van der Waals surface area contributed by atoms with Gasteiger partial charge in [-0.25, -0.2) is 0 Å². The summed E-state index contributed by atoms with van der Waals surface area (Å²) in [6.45, 7) is 1.93. The molecule has 7 nitrogen and oxygen atoms in total. The van der Waals surface area contributed by atoms with Crippen LogP contribution in [0.25, 0.3) is 0 Å². The minimum absolute atomic E-state index is 0.157. The van der Waals surface area contributed by atoms with Gasteiger partial charge in [-0.2, -0.15) is 5.26 Å². The largest absolute Gasteiger partial charge is 0.493 e. The number of carbonyl (C=O) groups is 1. The number of nitriles is 1. The molecular weight excluding hydrogens is 324 g/mol. The highest BCUT2D eigenvalue weighted by Crippen LogP contribution is 2.39. The van der Waals surface area contributed by atoms with E-state index in [-0.39, 0.29) is 5.76 Å². The summed E-state index contributed by atoms with van der Waals surface area (Å²) in [4.78, 5) is 12.3. The van der Waals surface area contributed by atoms with E-state index in [0.29, 0.717) is 35.0 Å². The zero-order valence-corrected chi connectivity index (χ0v) is 14.6. The van der Waals surface area contributed by atoms with Crippen LogP contribution >= 0.6 is 0 Å². The van der Waals surface area contributed by atoms with Gasteiger partial charge in [-0.1, -0.05) is 6.92 Å². The van der Waals surface area contributed by atoms with Gasteiger partial charge in [0, 0.05) is 6.42 Å². The summed E-state index contributed by atoms with van der Waals surface area (Å²) in [5.41, 5.74) is 0.507. The first-order valence-electron chi connectivity index (χ1n) is 7.67. The fourth-order valence-corrected chi connectivity index (χ4v) is 2.35. The number of nitrogens with zero attached hydrogens (tertiary/aromatic N) is 1. The molecule has 1 unspecified atom stereocenters. The van der Waals surface area contributed by atoms with Gasteiger partial charge in [0.05, 0.1) is 27.4 Å². The van der Waals surface area contributed by atoms with Crippen LogP contribution in [0.1, 0.15) is 34.8 Å². The summed E-state index contributed by atoms with van der Waals surface area (Å²) >= 11 is 0. The zero-order valence-electron chi connectivity index (χ0n) is 14.6. The van der Waals surface area contributed by atoms with Gasteiger partial charge in [0.25, 0.3) is 5.91 Å². The third-order valence-electron chi connectivity index (χ3n) is 3.66. The highest BCUT2D eigenvalue weighted by atomic mass is 16.5. The number of ether oxygens (including phenoxy) is 3. The fraction of sp³-hybridized carbons (Fsp3) is 0.333. The molecule has 1 atom stereocenters. The van der Waals surface area contributed by atoms with Crippen molar-refractivity contribution < 1.29 is 23.4 Å². The molecule has 0 spiro atoms. The Morgan fingerprint density at radius 3 is 2.28 bits per heavy atom. The van der Waals surface area contributed by atoms with Crippen molar-refractivity contribution in [3.8, 4) is 23.3 Å². The van der Waals surface area contributed by atoms with Crippen molar-refractivity contribution in [1.82, 2.24) is 5.32 Å². The molecule has 1 aromatic carbocycles. The zero-order chi connectivity index (χ0) is 18.4. The molecule has 0 saturated heterocycles. The molecule has 7 heteroatoms. The number of amides is 1. The van der Waals surface area contributed by atoms with Gasteiger partial charge in [0.2, 0.25) is 5.75 Å². The lowest BCUT2D eigenvalue weighted by molar-refractivity contribution is 0.0915. The average Bonchev–Trinajstić information content (AvgIpc) is 3.13. The second-order valence-corrected chi connectivity index (χ2v) is 5.11. The predicted octanol–water partition coefficient (Wildman–Crippen LogP) is 2.86. The van der Waals surface area contributed by atoms with Crippen LogP contribution in [0, 0.1) is 11.3 Å². The van der Waals surface area contributed by atoms with Crippen LogP contribution in [0.3, 0.4) is 0 Å². The van der Waals surface area contributed by atoms with Gasteiger partial charge < -0.3 is 23.9 Å². The molecule has 0 fully saturated rings. The van der Waals surface area contributed by atoms with Crippen molar-refractivity contribution in [1.29, 1.82) is 5.26 Å². The number of aryl methyl sites for hydroxylation is 1. The van der Waals surface area contributed by atoms with E-state index in [1.807, 2.05) is 6.92 Å². The van der Waals surface area contributed by atoms with Crippen molar-refractivity contribution in [3.63, 3.8) is 0 Å². The average molecular weight is 344 g/mol. The molecule has 132 valence electrons. The number of nitrogens with one attached hydrogen (secondary N) is 1. The molecule has 1 heterocycles.